The number of phenolic OH excluding ortho intramolecular Hbond substituents is 1. The topological polar surface area (TPSA) is 29.5 Å². The fraction of sp³-hybridized carbons (Fsp3) is 0.500. The van der Waals surface area contributed by atoms with Crippen LogP contribution in [0.5, 0.6) is 11.5 Å². The van der Waals surface area contributed by atoms with Gasteiger partial charge in [0.1, 0.15) is 5.75 Å². The van der Waals surface area contributed by atoms with Crippen LogP contribution in [-0.4, -0.2) is 11.7 Å². The third kappa shape index (κ3) is 4.19. The Morgan fingerprint density at radius 3 is 2.73 bits per heavy atom. The van der Waals surface area contributed by atoms with Crippen LogP contribution < -0.4 is 4.74 Å². The smallest absolute Gasteiger partial charge is 0.168 e. The maximum atomic E-state index is 12.9. The Labute approximate surface area is 89.7 Å². The molecule has 3 heteroatoms. The molecular weight excluding hydrogens is 195 g/mol. The monoisotopic (exact) mass is 212 g/mol. The van der Waals surface area contributed by atoms with Gasteiger partial charge in [0.05, 0.1) is 6.61 Å². The molecule has 0 aliphatic heterocycles. The molecule has 0 unspecified atom stereocenters. The molecule has 0 aliphatic rings. The average molecular weight is 212 g/mol. The number of ether oxygens (including phenoxy) is 1. The van der Waals surface area contributed by atoms with Crippen LogP contribution in [0.15, 0.2) is 18.2 Å². The number of halogens is 1. The SMILES string of the molecule is CCCCCCOc1ccc(O)c(F)c1. The van der Waals surface area contributed by atoms with E-state index in [2.05, 4.69) is 6.92 Å². The van der Waals surface area contributed by atoms with Gasteiger partial charge in [-0.05, 0) is 18.6 Å². The summed E-state index contributed by atoms with van der Waals surface area (Å²) in [5, 5.41) is 8.95. The third-order valence-corrected chi connectivity index (χ3v) is 2.19. The van der Waals surface area contributed by atoms with Crippen LogP contribution in [0.1, 0.15) is 32.6 Å². The van der Waals surface area contributed by atoms with Crippen LogP contribution in [0.3, 0.4) is 0 Å². The van der Waals surface area contributed by atoms with Gasteiger partial charge in [0, 0.05) is 6.07 Å². The molecule has 0 aromatic heterocycles. The quantitative estimate of drug-likeness (QED) is 0.731. The first kappa shape index (κ1) is 11.8. The van der Waals surface area contributed by atoms with E-state index in [-0.39, 0.29) is 5.75 Å². The van der Waals surface area contributed by atoms with Crippen molar-refractivity contribution in [2.75, 3.05) is 6.61 Å². The van der Waals surface area contributed by atoms with Crippen molar-refractivity contribution in [1.82, 2.24) is 0 Å². The summed E-state index contributed by atoms with van der Waals surface area (Å²) in [4.78, 5) is 0. The Balaban J connectivity index is 2.28. The molecular formula is C12H17FO2. The van der Waals surface area contributed by atoms with Gasteiger partial charge in [-0.1, -0.05) is 26.2 Å². The molecule has 0 atom stereocenters. The highest BCUT2D eigenvalue weighted by Crippen LogP contribution is 2.21. The molecule has 0 aliphatic carbocycles. The van der Waals surface area contributed by atoms with Crippen LogP contribution >= 0.6 is 0 Å². The predicted octanol–water partition coefficient (Wildman–Crippen LogP) is 3.49. The normalized spacial score (nSPS) is 10.3. The molecule has 0 fully saturated rings. The standard InChI is InChI=1S/C12H17FO2/c1-2-3-4-5-8-15-10-6-7-12(14)11(13)9-10/h6-7,9,14H,2-5,8H2,1H3. The zero-order valence-corrected chi connectivity index (χ0v) is 9.00. The second kappa shape index (κ2) is 6.27. The van der Waals surface area contributed by atoms with Gasteiger partial charge in [-0.3, -0.25) is 0 Å². The first-order chi connectivity index (χ1) is 7.24. The van der Waals surface area contributed by atoms with Crippen molar-refractivity contribution in [3.63, 3.8) is 0 Å². The lowest BCUT2D eigenvalue weighted by atomic mass is 10.2. The first-order valence-corrected chi connectivity index (χ1v) is 5.35. The molecule has 0 saturated carbocycles. The molecule has 1 N–H and O–H groups in total. The van der Waals surface area contributed by atoms with Crippen molar-refractivity contribution >= 4 is 0 Å². The molecule has 1 aromatic rings. The molecule has 0 saturated heterocycles. The van der Waals surface area contributed by atoms with Crippen molar-refractivity contribution < 1.29 is 14.2 Å². The molecule has 2 nitrogen and oxygen atoms in total. The first-order valence-electron chi connectivity index (χ1n) is 5.35. The van der Waals surface area contributed by atoms with Crippen molar-refractivity contribution in [3.05, 3.63) is 24.0 Å². The van der Waals surface area contributed by atoms with Gasteiger partial charge in [0.25, 0.3) is 0 Å². The van der Waals surface area contributed by atoms with Crippen LogP contribution in [0, 0.1) is 5.82 Å². The van der Waals surface area contributed by atoms with Gasteiger partial charge < -0.3 is 9.84 Å². The van der Waals surface area contributed by atoms with Crippen molar-refractivity contribution in [2.45, 2.75) is 32.6 Å². The number of aromatic hydroxyl groups is 1. The van der Waals surface area contributed by atoms with Crippen LogP contribution in [-0.2, 0) is 0 Å². The molecule has 0 heterocycles. The predicted molar refractivity (Wildman–Crippen MR) is 57.7 cm³/mol. The zero-order valence-electron chi connectivity index (χ0n) is 9.00. The largest absolute Gasteiger partial charge is 0.505 e. The number of phenols is 1. The number of benzene rings is 1. The van der Waals surface area contributed by atoms with Crippen molar-refractivity contribution in [3.8, 4) is 11.5 Å². The lowest BCUT2D eigenvalue weighted by Crippen LogP contribution is -1.97. The molecule has 84 valence electrons. The van der Waals surface area contributed by atoms with Gasteiger partial charge in [-0.15, -0.1) is 0 Å². The van der Waals surface area contributed by atoms with Crippen LogP contribution in [0.25, 0.3) is 0 Å². The van der Waals surface area contributed by atoms with Gasteiger partial charge in [0.2, 0.25) is 0 Å². The van der Waals surface area contributed by atoms with E-state index in [0.29, 0.717) is 12.4 Å². The van der Waals surface area contributed by atoms with E-state index >= 15 is 0 Å². The Morgan fingerprint density at radius 2 is 2.07 bits per heavy atom. The number of rotatable bonds is 6. The minimum atomic E-state index is -0.638. The van der Waals surface area contributed by atoms with E-state index < -0.39 is 5.82 Å². The summed E-state index contributed by atoms with van der Waals surface area (Å²) in [5.41, 5.74) is 0. The van der Waals surface area contributed by atoms with E-state index in [1.165, 1.54) is 25.0 Å². The summed E-state index contributed by atoms with van der Waals surface area (Å²) in [5.74, 6) is -0.504. The van der Waals surface area contributed by atoms with Crippen molar-refractivity contribution in [1.29, 1.82) is 0 Å². The Bertz CT molecular complexity index is 300. The lowest BCUT2D eigenvalue weighted by molar-refractivity contribution is 0.302. The van der Waals surface area contributed by atoms with Gasteiger partial charge >= 0.3 is 0 Å². The number of hydrogen-bond donors (Lipinski definition) is 1. The molecule has 0 spiro atoms. The number of hydrogen-bond acceptors (Lipinski definition) is 2. The number of unbranched alkanes of at least 4 members (excludes halogenated alkanes) is 3. The summed E-state index contributed by atoms with van der Waals surface area (Å²) in [6.07, 6.45) is 4.51. The summed E-state index contributed by atoms with van der Waals surface area (Å²) >= 11 is 0. The molecule has 1 aromatic carbocycles. The second-order valence-corrected chi connectivity index (χ2v) is 3.52. The van der Waals surface area contributed by atoms with Crippen LogP contribution in [0.4, 0.5) is 4.39 Å². The Morgan fingerprint density at radius 1 is 1.27 bits per heavy atom. The zero-order chi connectivity index (χ0) is 11.1. The van der Waals surface area contributed by atoms with Gasteiger partial charge in [-0.2, -0.15) is 0 Å². The molecule has 1 rings (SSSR count). The van der Waals surface area contributed by atoms with E-state index in [1.54, 1.807) is 6.07 Å². The fourth-order valence-corrected chi connectivity index (χ4v) is 1.30. The van der Waals surface area contributed by atoms with Gasteiger partial charge in [0.15, 0.2) is 11.6 Å². The maximum Gasteiger partial charge on any atom is 0.168 e. The van der Waals surface area contributed by atoms with E-state index in [1.807, 2.05) is 0 Å². The molecule has 15 heavy (non-hydrogen) atoms. The maximum absolute atomic E-state index is 12.9. The highest BCUT2D eigenvalue weighted by Gasteiger charge is 2.01. The molecule has 0 amide bonds. The highest BCUT2D eigenvalue weighted by atomic mass is 19.1. The van der Waals surface area contributed by atoms with E-state index in [9.17, 15) is 4.39 Å². The fourth-order valence-electron chi connectivity index (χ4n) is 1.30. The summed E-state index contributed by atoms with van der Waals surface area (Å²) in [6, 6.07) is 4.07. The minimum Gasteiger partial charge on any atom is -0.505 e. The average Bonchev–Trinajstić information content (AvgIpc) is 2.23. The van der Waals surface area contributed by atoms with Crippen molar-refractivity contribution in [2.24, 2.45) is 0 Å². The second-order valence-electron chi connectivity index (χ2n) is 3.52. The van der Waals surface area contributed by atoms with E-state index in [0.717, 1.165) is 12.8 Å². The highest BCUT2D eigenvalue weighted by molar-refractivity contribution is 5.31. The Hall–Kier alpha value is -1.25. The molecule has 0 bridgehead atoms. The third-order valence-electron chi connectivity index (χ3n) is 2.19. The lowest BCUT2D eigenvalue weighted by Gasteiger charge is -2.06. The Kier molecular flexibility index (Phi) is 4.95. The molecule has 0 radical (unpaired) electrons. The van der Waals surface area contributed by atoms with Crippen LogP contribution in [0.2, 0.25) is 0 Å². The van der Waals surface area contributed by atoms with Gasteiger partial charge in [-0.25, -0.2) is 4.39 Å². The van der Waals surface area contributed by atoms with E-state index in [4.69, 9.17) is 9.84 Å². The summed E-state index contributed by atoms with van der Waals surface area (Å²) in [6.45, 7) is 2.75. The minimum absolute atomic E-state index is 0.340. The summed E-state index contributed by atoms with van der Waals surface area (Å²) < 4.78 is 18.2. The summed E-state index contributed by atoms with van der Waals surface area (Å²) in [7, 11) is 0.